The van der Waals surface area contributed by atoms with E-state index < -0.39 is 0 Å². The second-order valence-corrected chi connectivity index (χ2v) is 10.1. The number of fused-ring (bicyclic) bond motifs is 4. The highest BCUT2D eigenvalue weighted by molar-refractivity contribution is 5.72. The summed E-state index contributed by atoms with van der Waals surface area (Å²) in [5.74, 6) is 2.18. The van der Waals surface area contributed by atoms with Gasteiger partial charge in [0.15, 0.2) is 0 Å². The number of methoxy groups -OCH3 is 2. The van der Waals surface area contributed by atoms with E-state index in [0.29, 0.717) is 24.3 Å². The molecule has 0 spiro atoms. The fourth-order valence-corrected chi connectivity index (χ4v) is 5.35. The number of amides is 1. The number of rotatable bonds is 5. The molecule has 2 bridgehead atoms. The first-order chi connectivity index (χ1) is 16.4. The number of piperidine rings is 3. The highest BCUT2D eigenvalue weighted by Gasteiger charge is 2.41. The first-order valence-electron chi connectivity index (χ1n) is 11.9. The van der Waals surface area contributed by atoms with Gasteiger partial charge in [0.25, 0.3) is 0 Å². The molecule has 2 aromatic rings. The second kappa shape index (κ2) is 8.98. The number of hydrogen-bond donors (Lipinski definition) is 1. The van der Waals surface area contributed by atoms with Crippen LogP contribution in [0.4, 0.5) is 4.79 Å². The highest BCUT2D eigenvalue weighted by Crippen LogP contribution is 2.45. The van der Waals surface area contributed by atoms with E-state index >= 15 is 0 Å². The average molecular weight is 468 g/mol. The van der Waals surface area contributed by atoms with Crippen molar-refractivity contribution in [1.82, 2.24) is 15.2 Å². The Bertz CT molecular complexity index is 1060. The summed E-state index contributed by atoms with van der Waals surface area (Å²) in [5, 5.41) is 3.16. The van der Waals surface area contributed by atoms with Crippen molar-refractivity contribution in [3.8, 4) is 28.6 Å². The molecule has 182 valence electrons. The number of carbonyl (C=O) groups excluding carboxylic acids is 1. The number of pyridine rings is 1. The van der Waals surface area contributed by atoms with E-state index in [1.165, 1.54) is 0 Å². The van der Waals surface area contributed by atoms with E-state index in [1.54, 1.807) is 20.3 Å². The van der Waals surface area contributed by atoms with Gasteiger partial charge in [0.2, 0.25) is 11.8 Å². The van der Waals surface area contributed by atoms with Crippen LogP contribution in [0.25, 0.3) is 11.1 Å². The van der Waals surface area contributed by atoms with Crippen LogP contribution in [0.5, 0.6) is 17.5 Å². The van der Waals surface area contributed by atoms with Crippen LogP contribution in [0.3, 0.4) is 0 Å². The van der Waals surface area contributed by atoms with Crippen LogP contribution in [-0.4, -0.2) is 62.5 Å². The van der Waals surface area contributed by atoms with Crippen LogP contribution >= 0.6 is 0 Å². The summed E-state index contributed by atoms with van der Waals surface area (Å²) >= 11 is 0. The van der Waals surface area contributed by atoms with Crippen molar-refractivity contribution in [2.24, 2.45) is 11.3 Å². The molecule has 1 aromatic carbocycles. The Balaban J connectivity index is 1.37. The summed E-state index contributed by atoms with van der Waals surface area (Å²) in [4.78, 5) is 19.7. The molecule has 1 aromatic heterocycles. The van der Waals surface area contributed by atoms with Gasteiger partial charge in [-0.2, -0.15) is 4.98 Å². The molecule has 6 rings (SSSR count). The van der Waals surface area contributed by atoms with Crippen LogP contribution in [0, 0.1) is 11.3 Å². The number of ether oxygens (including phenoxy) is 4. The summed E-state index contributed by atoms with van der Waals surface area (Å²) in [6.07, 6.45) is 1.84. The lowest BCUT2D eigenvalue weighted by atomic mass is 9.78. The van der Waals surface area contributed by atoms with Gasteiger partial charge in [0, 0.05) is 29.2 Å². The van der Waals surface area contributed by atoms with Crippen molar-refractivity contribution in [3.63, 3.8) is 0 Å². The maximum atomic E-state index is 13.0. The zero-order chi connectivity index (χ0) is 23.9. The minimum absolute atomic E-state index is 0.0256. The third-order valence-corrected chi connectivity index (χ3v) is 7.37. The van der Waals surface area contributed by atoms with Crippen molar-refractivity contribution in [3.05, 3.63) is 35.9 Å². The molecule has 34 heavy (non-hydrogen) atoms. The van der Waals surface area contributed by atoms with Crippen molar-refractivity contribution in [2.45, 2.75) is 38.8 Å². The number of nitrogens with one attached hydrogen (secondary N) is 1. The minimum atomic E-state index is -0.352. The zero-order valence-electron chi connectivity index (χ0n) is 20.3. The maximum Gasteiger partial charge on any atom is 0.407 e. The third-order valence-electron chi connectivity index (χ3n) is 7.37. The Morgan fingerprint density at radius 1 is 1.15 bits per heavy atom. The molecule has 5 heterocycles. The maximum absolute atomic E-state index is 13.0. The summed E-state index contributed by atoms with van der Waals surface area (Å²) in [5.41, 5.74) is 2.40. The number of aromatic nitrogens is 1. The normalized spacial score (nSPS) is 26.7. The Morgan fingerprint density at radius 3 is 2.62 bits per heavy atom. The Morgan fingerprint density at radius 2 is 1.94 bits per heavy atom. The molecular weight excluding hydrogens is 434 g/mol. The van der Waals surface area contributed by atoms with Gasteiger partial charge in [0.05, 0.1) is 26.9 Å². The first kappa shape index (κ1) is 22.8. The van der Waals surface area contributed by atoms with Crippen molar-refractivity contribution < 1.29 is 23.7 Å². The predicted molar refractivity (Wildman–Crippen MR) is 127 cm³/mol. The van der Waals surface area contributed by atoms with Gasteiger partial charge in [0.1, 0.15) is 11.9 Å². The molecule has 8 nitrogen and oxygen atoms in total. The van der Waals surface area contributed by atoms with Gasteiger partial charge < -0.3 is 24.3 Å². The monoisotopic (exact) mass is 467 g/mol. The van der Waals surface area contributed by atoms with Crippen LogP contribution in [-0.2, 0) is 4.74 Å². The molecule has 0 radical (unpaired) electrons. The van der Waals surface area contributed by atoms with Gasteiger partial charge in [-0.15, -0.1) is 0 Å². The molecule has 3 saturated heterocycles. The van der Waals surface area contributed by atoms with Gasteiger partial charge in [-0.05, 0) is 49.5 Å². The fourth-order valence-electron chi connectivity index (χ4n) is 5.35. The smallest absolute Gasteiger partial charge is 0.407 e. The quantitative estimate of drug-likeness (QED) is 0.711. The summed E-state index contributed by atoms with van der Waals surface area (Å²) in [6.45, 7) is 7.74. The lowest BCUT2D eigenvalue weighted by Gasteiger charge is -2.44. The van der Waals surface area contributed by atoms with Crippen LogP contribution in [0.2, 0.25) is 0 Å². The highest BCUT2D eigenvalue weighted by atomic mass is 16.6. The largest absolute Gasteiger partial charge is 0.493 e. The van der Waals surface area contributed by atoms with E-state index in [0.717, 1.165) is 54.9 Å². The van der Waals surface area contributed by atoms with Crippen LogP contribution in [0.1, 0.15) is 38.3 Å². The molecule has 1 unspecified atom stereocenters. The number of carbonyl (C=O) groups is 1. The molecule has 4 aliphatic heterocycles. The van der Waals surface area contributed by atoms with Gasteiger partial charge in [-0.25, -0.2) is 4.79 Å². The van der Waals surface area contributed by atoms with Gasteiger partial charge in [-0.3, -0.25) is 4.90 Å². The molecule has 1 N–H and O–H groups in total. The van der Waals surface area contributed by atoms with E-state index in [-0.39, 0.29) is 23.7 Å². The van der Waals surface area contributed by atoms with E-state index in [9.17, 15) is 4.79 Å². The summed E-state index contributed by atoms with van der Waals surface area (Å²) in [7, 11) is 3.16. The topological polar surface area (TPSA) is 82.2 Å². The lowest BCUT2D eigenvalue weighted by molar-refractivity contribution is -0.0361. The minimum Gasteiger partial charge on any atom is -0.493 e. The molecule has 8 heteroatoms. The van der Waals surface area contributed by atoms with Crippen molar-refractivity contribution in [2.75, 3.05) is 40.5 Å². The Labute approximate surface area is 200 Å². The van der Waals surface area contributed by atoms with E-state index in [1.807, 2.05) is 24.3 Å². The predicted octanol–water partition coefficient (Wildman–Crippen LogP) is 4.05. The zero-order valence-corrected chi connectivity index (χ0v) is 20.3. The van der Waals surface area contributed by atoms with Gasteiger partial charge in [-0.1, -0.05) is 26.0 Å². The molecule has 0 aliphatic carbocycles. The van der Waals surface area contributed by atoms with E-state index in [4.69, 9.17) is 18.9 Å². The van der Waals surface area contributed by atoms with Crippen molar-refractivity contribution >= 4 is 6.09 Å². The van der Waals surface area contributed by atoms with Crippen molar-refractivity contribution in [1.29, 1.82) is 0 Å². The Hall–Kier alpha value is -3.00. The molecule has 0 saturated carbocycles. The van der Waals surface area contributed by atoms with Crippen LogP contribution in [0.15, 0.2) is 30.3 Å². The average Bonchev–Trinajstić information content (AvgIpc) is 2.86. The van der Waals surface area contributed by atoms with Crippen LogP contribution < -0.4 is 19.5 Å². The third kappa shape index (κ3) is 4.27. The molecule has 3 fully saturated rings. The first-order valence-corrected chi connectivity index (χ1v) is 11.9. The number of nitrogens with zero attached hydrogens (tertiary/aromatic N) is 2. The Kier molecular flexibility index (Phi) is 6.02. The molecule has 2 atom stereocenters. The standard InChI is InChI=1S/C26H33N3O5/c1-26(2)15-33-20-13-17(18-7-8-22(31-3)27-24(18)32-4)5-6-19(20)23(26)28-25(30)34-21-14-29-11-9-16(21)10-12-29/h5-8,13,16,21,23H,9-12,14-15H2,1-4H3,(H,28,30)/t21-,23?/m0/s1. The lowest BCUT2D eigenvalue weighted by Crippen LogP contribution is -2.53. The summed E-state index contributed by atoms with van der Waals surface area (Å²) < 4.78 is 22.7. The van der Waals surface area contributed by atoms with E-state index in [2.05, 4.69) is 29.0 Å². The van der Waals surface area contributed by atoms with Gasteiger partial charge >= 0.3 is 6.09 Å². The second-order valence-electron chi connectivity index (χ2n) is 10.1. The number of benzene rings is 1. The number of alkyl carbamates (subject to hydrolysis) is 1. The molecular formula is C26H33N3O5. The molecule has 4 aliphatic rings. The summed E-state index contributed by atoms with van der Waals surface area (Å²) in [6, 6.07) is 9.48. The fraction of sp³-hybridized carbons (Fsp3) is 0.538. The molecule has 1 amide bonds. The number of hydrogen-bond acceptors (Lipinski definition) is 7. The SMILES string of the molecule is COc1ccc(-c2ccc3c(c2)OCC(C)(C)C3NC(=O)O[C@H]2CN3CCC2CC3)c(OC)n1.